The van der Waals surface area contributed by atoms with E-state index in [1.54, 1.807) is 19.1 Å². The molecule has 4 N–H and O–H groups in total. The topological polar surface area (TPSA) is 171 Å². The Bertz CT molecular complexity index is 2970. The van der Waals surface area contributed by atoms with Gasteiger partial charge in [0, 0.05) is 67.4 Å². The van der Waals surface area contributed by atoms with Crippen molar-refractivity contribution in [2.45, 2.75) is 102 Å². The summed E-state index contributed by atoms with van der Waals surface area (Å²) in [4.78, 5) is 43.0. The molecule has 6 aromatic rings. The second kappa shape index (κ2) is 16.4. The number of pyridine rings is 1. The van der Waals surface area contributed by atoms with Crippen LogP contribution in [0.25, 0.3) is 43.8 Å². The zero-order valence-electron chi connectivity index (χ0n) is 38.3. The largest absolute Gasteiger partial charge is 0.508 e. The number of fused-ring (bicyclic) bond motifs is 3. The van der Waals surface area contributed by atoms with E-state index >= 15 is 8.78 Å². The number of aryl methyl sites for hydroxylation is 2. The molecule has 0 bridgehead atoms. The monoisotopic (exact) mass is 913 g/mol. The number of nitrogens with one attached hydrogen (secondary N) is 2. The van der Waals surface area contributed by atoms with E-state index in [4.69, 9.17) is 14.8 Å². The highest BCUT2D eigenvalue weighted by molar-refractivity contribution is 6.03. The molecule has 16 heteroatoms. The van der Waals surface area contributed by atoms with Gasteiger partial charge in [0.15, 0.2) is 5.82 Å². The van der Waals surface area contributed by atoms with Gasteiger partial charge in [-0.25, -0.2) is 8.78 Å². The van der Waals surface area contributed by atoms with Gasteiger partial charge < -0.3 is 30.1 Å². The maximum atomic E-state index is 17.1. The van der Waals surface area contributed by atoms with Crippen LogP contribution in [0.5, 0.6) is 11.8 Å². The maximum absolute atomic E-state index is 17.1. The Labute approximate surface area is 387 Å². The number of anilines is 2. The van der Waals surface area contributed by atoms with Crippen LogP contribution in [0.3, 0.4) is 0 Å². The molecule has 1 spiro atoms. The Morgan fingerprint density at radius 1 is 0.985 bits per heavy atom. The first-order chi connectivity index (χ1) is 32.2. The molecule has 3 saturated heterocycles. The number of carbonyl (C=O) groups is 2. The minimum absolute atomic E-state index is 0.0112. The number of carbonyl (C=O) groups excluding carboxylic acids is 2. The van der Waals surface area contributed by atoms with Crippen LogP contribution < -0.4 is 20.3 Å². The van der Waals surface area contributed by atoms with Crippen molar-refractivity contribution in [3.63, 3.8) is 0 Å². The predicted octanol–water partition coefficient (Wildman–Crippen LogP) is 7.67. The van der Waals surface area contributed by atoms with Crippen molar-refractivity contribution in [2.75, 3.05) is 49.5 Å². The number of amides is 2. The maximum Gasteiger partial charge on any atom is 0.319 e. The minimum atomic E-state index is -0.965. The lowest BCUT2D eigenvalue weighted by atomic mass is 9.60. The van der Waals surface area contributed by atoms with Crippen molar-refractivity contribution in [2.24, 2.45) is 17.9 Å². The molecule has 2 aliphatic carbocycles. The number of halogens is 2. The van der Waals surface area contributed by atoms with E-state index in [1.807, 2.05) is 29.6 Å². The highest BCUT2D eigenvalue weighted by Gasteiger charge is 2.49. The molecule has 3 aliphatic heterocycles. The van der Waals surface area contributed by atoms with Crippen LogP contribution in [0.4, 0.5) is 20.3 Å². The summed E-state index contributed by atoms with van der Waals surface area (Å²) in [5, 5.41) is 35.1. The lowest BCUT2D eigenvalue weighted by Gasteiger charge is -2.53. The van der Waals surface area contributed by atoms with Crippen molar-refractivity contribution >= 4 is 55.9 Å². The van der Waals surface area contributed by atoms with Crippen LogP contribution in [0.1, 0.15) is 95.2 Å². The molecule has 5 fully saturated rings. The number of hydrogen-bond acceptors (Lipinski definition) is 12. The number of aromatic nitrogens is 5. The van der Waals surface area contributed by atoms with Crippen LogP contribution in [-0.4, -0.2) is 103 Å². The van der Waals surface area contributed by atoms with E-state index in [9.17, 15) is 19.8 Å². The second-order valence-corrected chi connectivity index (χ2v) is 20.6. The number of nitrogens with zero attached hydrogens (tertiary/aromatic N) is 7. The third kappa shape index (κ3) is 8.09. The van der Waals surface area contributed by atoms with Gasteiger partial charge in [0.25, 0.3) is 0 Å². The highest BCUT2D eigenvalue weighted by atomic mass is 19.1. The fourth-order valence-electron chi connectivity index (χ4n) is 11.7. The number of aliphatic hydroxyl groups is 1. The quantitative estimate of drug-likeness (QED) is 0.0938. The smallest absolute Gasteiger partial charge is 0.319 e. The number of phenols is 1. The van der Waals surface area contributed by atoms with Gasteiger partial charge in [0.1, 0.15) is 28.6 Å². The van der Waals surface area contributed by atoms with Crippen LogP contribution in [0.2, 0.25) is 0 Å². The molecule has 2 saturated carbocycles. The van der Waals surface area contributed by atoms with Crippen molar-refractivity contribution in [3.8, 4) is 23.0 Å². The van der Waals surface area contributed by atoms with Crippen LogP contribution >= 0.6 is 0 Å². The summed E-state index contributed by atoms with van der Waals surface area (Å²) in [5.41, 5.74) is 2.64. The average molecular weight is 914 g/mol. The van der Waals surface area contributed by atoms with Gasteiger partial charge in [-0.05, 0) is 142 Å². The van der Waals surface area contributed by atoms with Crippen molar-refractivity contribution in [1.29, 1.82) is 0 Å². The standard InChI is InChI=1S/C51H57F2N9O5/c1-4-33-38(52)10-6-29-20-32(63)22-36(41(29)33)44-42(53)45-37(25-54-44)46(62-17-5-12-49(2,66)26-62)58-48(57-45)67-28-51(13-14-51)27-61-18-15-50(16-19-61)23-31(24-50)55-30-7-8-34-39(21-30)60(3)59-43(34)35-9-11-40(64)56-47(35)65/h6-8,10,20-22,25,31,35,55,63,66H,4-5,9,11-19,23-24,26-28H2,1-3H3,(H,56,64,65)/t35?,49-/m1/s1. The fourth-order valence-corrected chi connectivity index (χ4v) is 11.7. The van der Waals surface area contributed by atoms with Gasteiger partial charge in [0.05, 0.1) is 34.7 Å². The molecule has 3 aromatic carbocycles. The Balaban J connectivity index is 0.767. The molecule has 0 radical (unpaired) electrons. The lowest BCUT2D eigenvalue weighted by molar-refractivity contribution is -0.134. The number of likely N-dealkylation sites (tertiary alicyclic amines) is 1. The molecule has 14 nitrogen and oxygen atoms in total. The number of ether oxygens (including phenoxy) is 1. The summed E-state index contributed by atoms with van der Waals surface area (Å²) in [6.07, 6.45) is 10.5. The van der Waals surface area contributed by atoms with E-state index in [0.29, 0.717) is 84.4 Å². The van der Waals surface area contributed by atoms with Crippen LogP contribution in [0, 0.1) is 22.5 Å². The first-order valence-electron chi connectivity index (χ1n) is 23.9. The number of imide groups is 1. The number of piperidine rings is 3. The summed E-state index contributed by atoms with van der Waals surface area (Å²) in [5.74, 6) is -1.72. The van der Waals surface area contributed by atoms with Gasteiger partial charge in [0.2, 0.25) is 11.8 Å². The summed E-state index contributed by atoms with van der Waals surface area (Å²) < 4.78 is 40.6. The zero-order chi connectivity index (χ0) is 46.4. The van der Waals surface area contributed by atoms with Crippen molar-refractivity contribution in [3.05, 3.63) is 71.6 Å². The molecular weight excluding hydrogens is 857 g/mol. The van der Waals surface area contributed by atoms with Crippen LogP contribution in [-0.2, 0) is 23.1 Å². The first-order valence-corrected chi connectivity index (χ1v) is 23.9. The van der Waals surface area contributed by atoms with Crippen molar-refractivity contribution in [1.82, 2.24) is 34.9 Å². The Kier molecular flexibility index (Phi) is 10.6. The number of hydrogen-bond donors (Lipinski definition) is 4. The molecule has 67 heavy (non-hydrogen) atoms. The fraction of sp³-hybridized carbons (Fsp3) is 0.490. The third-order valence-corrected chi connectivity index (χ3v) is 15.5. The SMILES string of the molecule is CCc1c(F)ccc2cc(O)cc(-c3ncc4c(N5CCC[C@@](C)(O)C5)nc(OCC5(CN6CCC7(CC6)CC(Nc6ccc8c(C9CCC(=O)NC9=O)nn(C)c8c6)C7)CC5)nc4c3F)c12. The normalized spacial score (nSPS) is 23.0. The molecule has 1 unspecified atom stereocenters. The number of benzene rings is 3. The van der Waals surface area contributed by atoms with E-state index in [-0.39, 0.29) is 45.8 Å². The van der Waals surface area contributed by atoms with Gasteiger partial charge in [-0.2, -0.15) is 15.1 Å². The van der Waals surface area contributed by atoms with E-state index < -0.39 is 23.2 Å². The van der Waals surface area contributed by atoms with Gasteiger partial charge in [-0.3, -0.25) is 24.6 Å². The number of β-amino-alcohol motifs (C(OH)–C–C–N with tert-alkyl or cyclic N) is 1. The molecular formula is C51H57F2N9O5. The number of phenolic OH excluding ortho intramolecular Hbond substituents is 1. The summed E-state index contributed by atoms with van der Waals surface area (Å²) in [7, 11) is 1.89. The molecule has 2 atom stereocenters. The molecule has 3 aromatic heterocycles. The Morgan fingerprint density at radius 2 is 1.79 bits per heavy atom. The number of rotatable bonds is 11. The van der Waals surface area contributed by atoms with Gasteiger partial charge in [-0.15, -0.1) is 0 Å². The third-order valence-electron chi connectivity index (χ3n) is 15.5. The zero-order valence-corrected chi connectivity index (χ0v) is 38.3. The summed E-state index contributed by atoms with van der Waals surface area (Å²) in [6, 6.07) is 12.6. The molecule has 11 rings (SSSR count). The van der Waals surface area contributed by atoms with Gasteiger partial charge >= 0.3 is 6.01 Å². The number of aromatic hydroxyl groups is 1. The van der Waals surface area contributed by atoms with E-state index in [2.05, 4.69) is 37.6 Å². The average Bonchev–Trinajstić information content (AvgIpc) is 3.98. The summed E-state index contributed by atoms with van der Waals surface area (Å²) in [6.45, 7) is 7.84. The molecule has 6 heterocycles. The predicted molar refractivity (Wildman–Crippen MR) is 251 cm³/mol. The Morgan fingerprint density at radius 3 is 2.54 bits per heavy atom. The Hall–Kier alpha value is -6.00. The molecule has 2 amide bonds. The van der Waals surface area contributed by atoms with Crippen molar-refractivity contribution < 1.29 is 33.3 Å². The lowest BCUT2D eigenvalue weighted by Crippen LogP contribution is -2.52. The minimum Gasteiger partial charge on any atom is -0.508 e. The van der Waals surface area contributed by atoms with E-state index in [0.717, 1.165) is 86.9 Å². The van der Waals surface area contributed by atoms with E-state index in [1.165, 1.54) is 18.3 Å². The highest BCUT2D eigenvalue weighted by Crippen LogP contribution is 2.52. The molecule has 5 aliphatic rings. The van der Waals surface area contributed by atoms with Gasteiger partial charge in [-0.1, -0.05) is 13.0 Å². The second-order valence-electron chi connectivity index (χ2n) is 20.6. The van der Waals surface area contributed by atoms with Crippen LogP contribution in [0.15, 0.2) is 48.7 Å². The first kappa shape index (κ1) is 43.6. The molecule has 350 valence electrons. The summed E-state index contributed by atoms with van der Waals surface area (Å²) >= 11 is 0.